The van der Waals surface area contributed by atoms with Crippen molar-refractivity contribution in [3.63, 3.8) is 0 Å². The highest BCUT2D eigenvalue weighted by Gasteiger charge is 1.99. The molecule has 88 valence electrons. The maximum Gasteiger partial charge on any atom is 0.126 e. The lowest BCUT2D eigenvalue weighted by atomic mass is 10.2. The van der Waals surface area contributed by atoms with Crippen molar-refractivity contribution >= 4 is 17.4 Å². The van der Waals surface area contributed by atoms with Gasteiger partial charge in [0.2, 0.25) is 0 Å². The van der Waals surface area contributed by atoms with Crippen LogP contribution in [0.15, 0.2) is 35.7 Å². The van der Waals surface area contributed by atoms with E-state index >= 15 is 0 Å². The molecule has 1 rings (SSSR count). The van der Waals surface area contributed by atoms with Crippen molar-refractivity contribution < 1.29 is 4.39 Å². The van der Waals surface area contributed by atoms with E-state index in [0.29, 0.717) is 5.69 Å². The number of thioether (sulfide) groups is 1. The van der Waals surface area contributed by atoms with E-state index in [2.05, 4.69) is 6.58 Å². The van der Waals surface area contributed by atoms with E-state index in [1.165, 1.54) is 25.0 Å². The van der Waals surface area contributed by atoms with Gasteiger partial charge in [0.25, 0.3) is 0 Å². The van der Waals surface area contributed by atoms with E-state index in [-0.39, 0.29) is 5.82 Å². The summed E-state index contributed by atoms with van der Waals surface area (Å²) >= 11 is 1.66. The van der Waals surface area contributed by atoms with Gasteiger partial charge in [-0.25, -0.2) is 4.39 Å². The molecule has 0 atom stereocenters. The third-order valence-corrected chi connectivity index (χ3v) is 3.28. The molecular weight excluding hydrogens is 221 g/mol. The molecule has 0 unspecified atom stereocenters. The highest BCUT2D eigenvalue weighted by Crippen LogP contribution is 2.23. The van der Waals surface area contributed by atoms with Crippen LogP contribution in [0.25, 0.3) is 0 Å². The highest BCUT2D eigenvalue weighted by molar-refractivity contribution is 7.99. The molecule has 1 aromatic carbocycles. The zero-order chi connectivity index (χ0) is 11.8. The van der Waals surface area contributed by atoms with Crippen molar-refractivity contribution in [1.29, 1.82) is 0 Å². The van der Waals surface area contributed by atoms with Gasteiger partial charge in [-0.15, -0.1) is 18.3 Å². The van der Waals surface area contributed by atoms with Crippen molar-refractivity contribution in [3.8, 4) is 0 Å². The largest absolute Gasteiger partial charge is 0.399 e. The second kappa shape index (κ2) is 7.34. The van der Waals surface area contributed by atoms with Crippen molar-refractivity contribution in [2.45, 2.75) is 30.6 Å². The van der Waals surface area contributed by atoms with Crippen LogP contribution in [0.5, 0.6) is 0 Å². The summed E-state index contributed by atoms with van der Waals surface area (Å²) in [7, 11) is 0. The molecule has 0 amide bonds. The summed E-state index contributed by atoms with van der Waals surface area (Å²) in [5.41, 5.74) is 6.06. The van der Waals surface area contributed by atoms with Crippen molar-refractivity contribution in [2.24, 2.45) is 0 Å². The Labute approximate surface area is 101 Å². The van der Waals surface area contributed by atoms with Crippen LogP contribution < -0.4 is 5.73 Å². The quantitative estimate of drug-likeness (QED) is 0.333. The maximum atomic E-state index is 13.0. The lowest BCUT2D eigenvalue weighted by molar-refractivity contribution is 0.625. The minimum atomic E-state index is -0.255. The third-order valence-electron chi connectivity index (χ3n) is 2.21. The van der Waals surface area contributed by atoms with Crippen LogP contribution in [0, 0.1) is 5.82 Å². The molecule has 0 aliphatic carbocycles. The molecule has 0 heterocycles. The number of nitrogen functional groups attached to an aromatic ring is 1. The van der Waals surface area contributed by atoms with Crippen LogP contribution in [-0.2, 0) is 0 Å². The number of anilines is 1. The molecule has 0 aliphatic heterocycles. The number of rotatable bonds is 7. The number of benzene rings is 1. The Morgan fingerprint density at radius 2 is 2.06 bits per heavy atom. The molecule has 0 bridgehead atoms. The number of allylic oxidation sites excluding steroid dienone is 1. The molecule has 0 fully saturated rings. The molecule has 0 spiro atoms. The molecule has 1 aromatic rings. The average Bonchev–Trinajstić information content (AvgIpc) is 2.22. The van der Waals surface area contributed by atoms with E-state index in [4.69, 9.17) is 5.73 Å². The van der Waals surface area contributed by atoms with Gasteiger partial charge < -0.3 is 5.73 Å². The third kappa shape index (κ3) is 5.21. The van der Waals surface area contributed by atoms with Crippen LogP contribution in [0.2, 0.25) is 0 Å². The van der Waals surface area contributed by atoms with E-state index in [9.17, 15) is 4.39 Å². The van der Waals surface area contributed by atoms with Crippen LogP contribution in [0.3, 0.4) is 0 Å². The van der Waals surface area contributed by atoms with Crippen LogP contribution in [0.4, 0.5) is 10.1 Å². The Kier molecular flexibility index (Phi) is 6.01. The Bertz CT molecular complexity index is 318. The van der Waals surface area contributed by atoms with E-state index in [1.807, 2.05) is 12.1 Å². The number of hydrogen-bond acceptors (Lipinski definition) is 2. The Morgan fingerprint density at radius 3 is 2.75 bits per heavy atom. The first kappa shape index (κ1) is 13.1. The van der Waals surface area contributed by atoms with Crippen LogP contribution >= 0.6 is 11.8 Å². The monoisotopic (exact) mass is 239 g/mol. The summed E-state index contributed by atoms with van der Waals surface area (Å²) in [5.74, 6) is 0.759. The fraction of sp³-hybridized carbons (Fsp3) is 0.385. The van der Waals surface area contributed by atoms with Gasteiger partial charge in [0.05, 0.1) is 0 Å². The van der Waals surface area contributed by atoms with Gasteiger partial charge in [0.1, 0.15) is 5.82 Å². The summed E-state index contributed by atoms with van der Waals surface area (Å²) in [5, 5.41) is 0. The van der Waals surface area contributed by atoms with E-state index in [1.54, 1.807) is 11.8 Å². The smallest absolute Gasteiger partial charge is 0.126 e. The Morgan fingerprint density at radius 1 is 1.25 bits per heavy atom. The second-order valence-electron chi connectivity index (χ2n) is 3.71. The van der Waals surface area contributed by atoms with Gasteiger partial charge in [0, 0.05) is 10.6 Å². The first-order valence-electron chi connectivity index (χ1n) is 5.52. The number of nitrogens with two attached hydrogens (primary N) is 1. The molecule has 0 radical (unpaired) electrons. The molecule has 0 saturated heterocycles. The minimum absolute atomic E-state index is 0.255. The van der Waals surface area contributed by atoms with Gasteiger partial charge in [-0.2, -0.15) is 0 Å². The predicted octanol–water partition coefficient (Wildman–Crippen LogP) is 4.25. The first-order valence-corrected chi connectivity index (χ1v) is 6.50. The standard InChI is InChI=1S/C13H18FNS/c1-2-3-4-5-6-7-16-13-9-11(14)8-12(15)10-13/h2,8-10H,1,3-7,15H2. The van der Waals surface area contributed by atoms with Gasteiger partial charge in [-0.3, -0.25) is 0 Å². The zero-order valence-electron chi connectivity index (χ0n) is 9.42. The summed E-state index contributed by atoms with van der Waals surface area (Å²) in [4.78, 5) is 0.918. The molecule has 2 N–H and O–H groups in total. The molecule has 3 heteroatoms. The first-order chi connectivity index (χ1) is 7.72. The highest BCUT2D eigenvalue weighted by atomic mass is 32.2. The maximum absolute atomic E-state index is 13.0. The topological polar surface area (TPSA) is 26.0 Å². The van der Waals surface area contributed by atoms with Crippen molar-refractivity contribution in [1.82, 2.24) is 0 Å². The predicted molar refractivity (Wildman–Crippen MR) is 70.2 cm³/mol. The SMILES string of the molecule is C=CCCCCCSc1cc(N)cc(F)c1. The number of unbranched alkanes of at least 4 members (excludes halogenated alkanes) is 3. The molecule has 0 aliphatic rings. The van der Waals surface area contributed by atoms with Crippen molar-refractivity contribution in [3.05, 3.63) is 36.7 Å². The van der Waals surface area contributed by atoms with Gasteiger partial charge in [0.15, 0.2) is 0 Å². The molecule has 0 aromatic heterocycles. The molecular formula is C13H18FNS. The second-order valence-corrected chi connectivity index (χ2v) is 4.88. The molecule has 16 heavy (non-hydrogen) atoms. The summed E-state index contributed by atoms with van der Waals surface area (Å²) in [6.07, 6.45) is 6.56. The summed E-state index contributed by atoms with van der Waals surface area (Å²) < 4.78 is 13.0. The van der Waals surface area contributed by atoms with Gasteiger partial charge in [-0.1, -0.05) is 12.5 Å². The summed E-state index contributed by atoms with van der Waals surface area (Å²) in [6.45, 7) is 3.68. The number of hydrogen-bond donors (Lipinski definition) is 1. The fourth-order valence-electron chi connectivity index (χ4n) is 1.43. The Balaban J connectivity index is 2.23. The molecule has 0 saturated carbocycles. The van der Waals surface area contributed by atoms with Crippen molar-refractivity contribution in [2.75, 3.05) is 11.5 Å². The van der Waals surface area contributed by atoms with Crippen LogP contribution in [-0.4, -0.2) is 5.75 Å². The van der Waals surface area contributed by atoms with E-state index < -0.39 is 0 Å². The van der Waals surface area contributed by atoms with Crippen LogP contribution in [0.1, 0.15) is 25.7 Å². The number of halogens is 1. The molecule has 1 nitrogen and oxygen atoms in total. The lowest BCUT2D eigenvalue weighted by Crippen LogP contribution is -1.88. The van der Waals surface area contributed by atoms with E-state index in [0.717, 1.165) is 23.5 Å². The lowest BCUT2D eigenvalue weighted by Gasteiger charge is -2.03. The average molecular weight is 239 g/mol. The zero-order valence-corrected chi connectivity index (χ0v) is 10.2. The van der Waals surface area contributed by atoms with Gasteiger partial charge >= 0.3 is 0 Å². The normalized spacial score (nSPS) is 10.3. The van der Waals surface area contributed by atoms with Gasteiger partial charge in [-0.05, 0) is 43.2 Å². The summed E-state index contributed by atoms with van der Waals surface area (Å²) in [6, 6.07) is 4.69. The Hall–Kier alpha value is -0.960. The minimum Gasteiger partial charge on any atom is -0.399 e. The fourth-order valence-corrected chi connectivity index (χ4v) is 2.42.